The van der Waals surface area contributed by atoms with E-state index in [-0.39, 0.29) is 0 Å². The summed E-state index contributed by atoms with van der Waals surface area (Å²) in [4.78, 5) is 3.38. The second kappa shape index (κ2) is 10.8. The predicted molar refractivity (Wildman–Crippen MR) is 146 cm³/mol. The van der Waals surface area contributed by atoms with Gasteiger partial charge in [-0.05, 0) is 84.9 Å². The summed E-state index contributed by atoms with van der Waals surface area (Å²) < 4.78 is 81.0. The molecular formula is C32H22F6N2. The van der Waals surface area contributed by atoms with Crippen LogP contribution in [0.2, 0.25) is 0 Å². The van der Waals surface area contributed by atoms with E-state index in [4.69, 9.17) is 0 Å². The van der Waals surface area contributed by atoms with Gasteiger partial charge in [0.1, 0.15) is 0 Å². The van der Waals surface area contributed by atoms with Crippen LogP contribution in [0, 0.1) is 0 Å². The van der Waals surface area contributed by atoms with Crippen LogP contribution in [0.5, 0.6) is 0 Å². The lowest BCUT2D eigenvalue weighted by atomic mass is 10.1. The first-order valence-corrected chi connectivity index (χ1v) is 12.3. The zero-order chi connectivity index (χ0) is 28.3. The Labute approximate surface area is 227 Å². The first-order chi connectivity index (χ1) is 19.1. The van der Waals surface area contributed by atoms with Crippen molar-refractivity contribution < 1.29 is 26.3 Å². The van der Waals surface area contributed by atoms with Gasteiger partial charge >= 0.3 is 12.4 Å². The Morgan fingerprint density at radius 1 is 0.325 bits per heavy atom. The molecule has 202 valence electrons. The van der Waals surface area contributed by atoms with Crippen molar-refractivity contribution >= 4 is 34.1 Å². The van der Waals surface area contributed by atoms with Crippen LogP contribution >= 0.6 is 0 Å². The van der Waals surface area contributed by atoms with E-state index < -0.39 is 23.5 Å². The molecule has 0 N–H and O–H groups in total. The fraction of sp³-hybridized carbons (Fsp3) is 0.0625. The molecule has 0 unspecified atom stereocenters. The maximum absolute atomic E-state index is 13.5. The number of para-hydroxylation sites is 2. The van der Waals surface area contributed by atoms with E-state index >= 15 is 0 Å². The number of rotatable bonds is 6. The van der Waals surface area contributed by atoms with Crippen molar-refractivity contribution in [2.75, 3.05) is 9.80 Å². The Kier molecular flexibility index (Phi) is 7.26. The zero-order valence-electron chi connectivity index (χ0n) is 20.9. The molecule has 0 aliphatic heterocycles. The Bertz CT molecular complexity index is 1440. The van der Waals surface area contributed by atoms with E-state index in [1.165, 1.54) is 12.1 Å². The van der Waals surface area contributed by atoms with Gasteiger partial charge in [-0.15, -0.1) is 0 Å². The largest absolute Gasteiger partial charge is 0.416 e. The highest BCUT2D eigenvalue weighted by molar-refractivity contribution is 5.81. The summed E-state index contributed by atoms with van der Waals surface area (Å²) in [5.41, 5.74) is 1.51. The molecule has 0 bridgehead atoms. The number of benzene rings is 5. The Hall–Kier alpha value is -4.72. The van der Waals surface area contributed by atoms with Crippen molar-refractivity contribution in [1.82, 2.24) is 0 Å². The quantitative estimate of drug-likeness (QED) is 0.195. The van der Waals surface area contributed by atoms with Crippen molar-refractivity contribution in [2.24, 2.45) is 0 Å². The number of nitrogens with zero attached hydrogens (tertiary/aromatic N) is 2. The van der Waals surface area contributed by atoms with Crippen LogP contribution < -0.4 is 9.80 Å². The molecule has 5 aromatic carbocycles. The third-order valence-corrected chi connectivity index (χ3v) is 6.26. The van der Waals surface area contributed by atoms with E-state index in [2.05, 4.69) is 0 Å². The third-order valence-electron chi connectivity index (χ3n) is 6.26. The average molecular weight is 549 g/mol. The average Bonchev–Trinajstić information content (AvgIpc) is 2.95. The molecule has 0 atom stereocenters. The van der Waals surface area contributed by atoms with Gasteiger partial charge in [0.15, 0.2) is 0 Å². The third kappa shape index (κ3) is 5.81. The minimum absolute atomic E-state index is 0.312. The maximum atomic E-state index is 13.5. The Morgan fingerprint density at radius 2 is 0.625 bits per heavy atom. The van der Waals surface area contributed by atoms with Crippen LogP contribution in [0.15, 0.2) is 133 Å². The molecule has 0 heterocycles. The van der Waals surface area contributed by atoms with E-state index in [0.717, 1.165) is 24.3 Å². The van der Waals surface area contributed by atoms with Crippen molar-refractivity contribution in [3.05, 3.63) is 145 Å². The van der Waals surface area contributed by atoms with Crippen molar-refractivity contribution in [3.8, 4) is 0 Å². The minimum atomic E-state index is -4.51. The van der Waals surface area contributed by atoms with Crippen molar-refractivity contribution in [1.29, 1.82) is 0 Å². The number of anilines is 6. The smallest absolute Gasteiger partial charge is 0.310 e. The summed E-state index contributed by atoms with van der Waals surface area (Å²) in [5.74, 6) is 0. The highest BCUT2D eigenvalue weighted by atomic mass is 19.4. The summed E-state index contributed by atoms with van der Waals surface area (Å²) in [6, 6.07) is 34.9. The number of hydrogen-bond acceptors (Lipinski definition) is 2. The number of alkyl halides is 6. The van der Waals surface area contributed by atoms with Crippen LogP contribution in [-0.4, -0.2) is 0 Å². The van der Waals surface area contributed by atoms with Gasteiger partial charge in [0.2, 0.25) is 0 Å². The van der Waals surface area contributed by atoms with Gasteiger partial charge in [-0.3, -0.25) is 0 Å². The first kappa shape index (κ1) is 26.9. The van der Waals surface area contributed by atoms with Crippen LogP contribution in [0.4, 0.5) is 60.5 Å². The standard InChI is InChI=1S/C32H22F6N2/c33-31(34,35)23-9-7-15-29(21-23)39(25-11-3-1-4-12-25)27-17-19-28(20-18-27)40(26-13-5-2-6-14-26)30-16-8-10-24(22-30)32(36,37)38/h1-22H. The normalized spacial score (nSPS) is 11.8. The molecule has 0 amide bonds. The lowest BCUT2D eigenvalue weighted by molar-refractivity contribution is -0.138. The maximum Gasteiger partial charge on any atom is 0.416 e. The van der Waals surface area contributed by atoms with E-state index in [0.29, 0.717) is 34.1 Å². The van der Waals surface area contributed by atoms with E-state index in [9.17, 15) is 26.3 Å². The highest BCUT2D eigenvalue weighted by Gasteiger charge is 2.32. The molecule has 0 radical (unpaired) electrons. The van der Waals surface area contributed by atoms with Crippen molar-refractivity contribution in [2.45, 2.75) is 12.4 Å². The molecule has 40 heavy (non-hydrogen) atoms. The first-order valence-electron chi connectivity index (χ1n) is 12.3. The summed E-state index contributed by atoms with van der Waals surface area (Å²) in [6.07, 6.45) is -9.02. The van der Waals surface area contributed by atoms with Crippen LogP contribution in [-0.2, 0) is 12.4 Å². The van der Waals surface area contributed by atoms with Gasteiger partial charge in [-0.25, -0.2) is 0 Å². The summed E-state index contributed by atoms with van der Waals surface area (Å²) in [6.45, 7) is 0. The molecule has 0 aromatic heterocycles. The van der Waals surface area contributed by atoms with Gasteiger partial charge in [0.05, 0.1) is 11.1 Å². The van der Waals surface area contributed by atoms with E-state index in [1.807, 2.05) is 12.1 Å². The number of hydrogen-bond donors (Lipinski definition) is 0. The number of halogens is 6. The fourth-order valence-corrected chi connectivity index (χ4v) is 4.44. The van der Waals surface area contributed by atoms with Crippen molar-refractivity contribution in [3.63, 3.8) is 0 Å². The molecule has 0 aliphatic rings. The Balaban J connectivity index is 1.60. The van der Waals surface area contributed by atoms with Gasteiger partial charge in [-0.1, -0.05) is 48.5 Å². The molecule has 5 aromatic rings. The summed E-state index contributed by atoms with van der Waals surface area (Å²) >= 11 is 0. The van der Waals surface area contributed by atoms with Gasteiger partial charge in [-0.2, -0.15) is 26.3 Å². The molecule has 0 saturated carbocycles. The summed E-state index contributed by atoms with van der Waals surface area (Å²) in [7, 11) is 0. The van der Waals surface area contributed by atoms with Crippen LogP contribution in [0.1, 0.15) is 11.1 Å². The molecule has 0 saturated heterocycles. The van der Waals surface area contributed by atoms with Gasteiger partial charge in [0, 0.05) is 34.1 Å². The lowest BCUT2D eigenvalue weighted by Gasteiger charge is -2.29. The second-order valence-corrected chi connectivity index (χ2v) is 8.95. The van der Waals surface area contributed by atoms with Crippen LogP contribution in [0.25, 0.3) is 0 Å². The molecule has 8 heteroatoms. The summed E-state index contributed by atoms with van der Waals surface area (Å²) in [5, 5.41) is 0. The zero-order valence-corrected chi connectivity index (χ0v) is 20.9. The molecule has 0 fully saturated rings. The predicted octanol–water partition coefficient (Wildman–Crippen LogP) is 10.7. The van der Waals surface area contributed by atoms with E-state index in [1.54, 1.807) is 94.7 Å². The fourth-order valence-electron chi connectivity index (χ4n) is 4.44. The van der Waals surface area contributed by atoms with Gasteiger partial charge in [0.25, 0.3) is 0 Å². The molecule has 2 nitrogen and oxygen atoms in total. The Morgan fingerprint density at radius 3 is 0.950 bits per heavy atom. The molecular weight excluding hydrogens is 526 g/mol. The lowest BCUT2D eigenvalue weighted by Crippen LogP contribution is -2.14. The van der Waals surface area contributed by atoms with Crippen LogP contribution in [0.3, 0.4) is 0 Å². The molecule has 5 rings (SSSR count). The topological polar surface area (TPSA) is 6.48 Å². The highest BCUT2D eigenvalue weighted by Crippen LogP contribution is 2.41. The SMILES string of the molecule is FC(F)(F)c1cccc(N(c2ccccc2)c2ccc(N(c3ccccc3)c3cccc(C(F)(F)F)c3)cc2)c1. The monoisotopic (exact) mass is 548 g/mol. The second-order valence-electron chi connectivity index (χ2n) is 8.95. The van der Waals surface area contributed by atoms with Gasteiger partial charge < -0.3 is 9.80 Å². The minimum Gasteiger partial charge on any atom is -0.310 e. The molecule has 0 aliphatic carbocycles. The molecule has 0 spiro atoms.